The van der Waals surface area contributed by atoms with E-state index in [2.05, 4.69) is 33.6 Å². The third-order valence-electron chi connectivity index (χ3n) is 7.67. The molecule has 2 atom stereocenters. The summed E-state index contributed by atoms with van der Waals surface area (Å²) >= 11 is 0. The molecule has 6 N–H and O–H groups in total. The van der Waals surface area contributed by atoms with Crippen molar-refractivity contribution >= 4 is 29.2 Å². The quantitative estimate of drug-likeness (QED) is 0.177. The highest BCUT2D eigenvalue weighted by molar-refractivity contribution is 6.21. The zero-order valence-electron chi connectivity index (χ0n) is 25.2. The van der Waals surface area contributed by atoms with E-state index in [0.29, 0.717) is 39.4 Å². The van der Waals surface area contributed by atoms with E-state index in [1.54, 1.807) is 71.6 Å². The van der Waals surface area contributed by atoms with Crippen LogP contribution in [0.1, 0.15) is 32.6 Å². The van der Waals surface area contributed by atoms with Gasteiger partial charge in [-0.2, -0.15) is 4.98 Å². The van der Waals surface area contributed by atoms with Crippen LogP contribution in [0.3, 0.4) is 0 Å². The van der Waals surface area contributed by atoms with Crippen molar-refractivity contribution in [1.29, 1.82) is 0 Å². The van der Waals surface area contributed by atoms with E-state index in [1.807, 2.05) is 0 Å². The van der Waals surface area contributed by atoms with Crippen LogP contribution >= 0.6 is 0 Å². The first-order chi connectivity index (χ1) is 22.2. The van der Waals surface area contributed by atoms with Gasteiger partial charge in [0.2, 0.25) is 11.4 Å². The van der Waals surface area contributed by atoms with Gasteiger partial charge in [0.05, 0.1) is 32.0 Å². The van der Waals surface area contributed by atoms with E-state index in [-0.39, 0.29) is 36.9 Å². The largest absolute Gasteiger partial charge is 0.495 e. The van der Waals surface area contributed by atoms with Crippen molar-refractivity contribution in [3.63, 3.8) is 0 Å². The summed E-state index contributed by atoms with van der Waals surface area (Å²) in [7, 11) is 2.97. The summed E-state index contributed by atoms with van der Waals surface area (Å²) < 4.78 is 10.9. The second kappa shape index (κ2) is 13.3. The van der Waals surface area contributed by atoms with Crippen molar-refractivity contribution in [1.82, 2.24) is 9.97 Å². The Morgan fingerprint density at radius 1 is 0.957 bits per heavy atom. The molecule has 1 aliphatic rings. The fourth-order valence-electron chi connectivity index (χ4n) is 5.45. The minimum absolute atomic E-state index is 0.00508. The number of ether oxygens (including phenoxy) is 2. The van der Waals surface area contributed by atoms with Crippen LogP contribution in [-0.4, -0.2) is 65.3 Å². The third-order valence-corrected chi connectivity index (χ3v) is 7.67. The number of carbonyl (C=O) groups is 2. The number of aromatic nitrogens is 2. The number of aliphatic hydroxyl groups is 1. The number of hydrogen-bond donors (Lipinski definition) is 4. The Balaban J connectivity index is 1.80. The molecule has 232 valence electrons. The molecule has 0 radical (unpaired) electrons. The van der Waals surface area contributed by atoms with Crippen molar-refractivity contribution in [3.05, 3.63) is 101 Å². The minimum atomic E-state index is -2.41. The predicted octanol–water partition coefficient (Wildman–Crippen LogP) is 2.79. The average molecular weight is 618 g/mol. The van der Waals surface area contributed by atoms with Crippen molar-refractivity contribution in [2.75, 3.05) is 43.7 Å². The Kier molecular flexibility index (Phi) is 9.08. The first-order valence-electron chi connectivity index (χ1n) is 14.2. The number of anilines is 3. The molecule has 11 heteroatoms. The Hall–Kier alpha value is -6.04. The number of aliphatic hydroxyl groups excluding tert-OH is 1. The molecule has 4 aromatic rings. The zero-order valence-corrected chi connectivity index (χ0v) is 25.2. The van der Waals surface area contributed by atoms with Gasteiger partial charge in [-0.25, -0.2) is 9.78 Å². The molecule has 0 spiro atoms. The number of nitrogen functional groups attached to an aromatic ring is 2. The lowest BCUT2D eigenvalue weighted by molar-refractivity contribution is -0.143. The lowest BCUT2D eigenvalue weighted by atomic mass is 9.69. The van der Waals surface area contributed by atoms with Crippen LogP contribution in [0.2, 0.25) is 0 Å². The first-order valence-corrected chi connectivity index (χ1v) is 14.2. The fourth-order valence-corrected chi connectivity index (χ4v) is 5.45. The Morgan fingerprint density at radius 2 is 1.61 bits per heavy atom. The molecule has 1 aliphatic heterocycles. The molecular formula is C35H31N5O6. The monoisotopic (exact) mass is 617 g/mol. The van der Waals surface area contributed by atoms with E-state index in [0.717, 1.165) is 0 Å². The molecule has 46 heavy (non-hydrogen) atoms. The highest BCUT2D eigenvalue weighted by Crippen LogP contribution is 2.43. The number of hydrogen-bond acceptors (Lipinski definition) is 10. The summed E-state index contributed by atoms with van der Waals surface area (Å²) in [6.45, 7) is -0.410. The number of Topliss-reactive ketones (excluding diaryl/α,β-unsaturated/α-hetero) is 1. The lowest BCUT2D eigenvalue weighted by Crippen LogP contribution is -2.60. The van der Waals surface area contributed by atoms with Gasteiger partial charge in [0.15, 0.2) is 5.78 Å². The van der Waals surface area contributed by atoms with Gasteiger partial charge in [-0.3, -0.25) is 4.79 Å². The summed E-state index contributed by atoms with van der Waals surface area (Å²) in [5.74, 6) is 10.5. The maximum absolute atomic E-state index is 14.8. The molecule has 0 fully saturated rings. The number of nitrogens with zero attached hydrogens (tertiary/aromatic N) is 3. The van der Waals surface area contributed by atoms with E-state index in [4.69, 9.17) is 20.9 Å². The molecular weight excluding hydrogens is 586 g/mol. The Morgan fingerprint density at radius 3 is 2.22 bits per heavy atom. The molecule has 0 bridgehead atoms. The molecule has 0 aliphatic carbocycles. The highest BCUT2D eigenvalue weighted by Gasteiger charge is 2.58. The van der Waals surface area contributed by atoms with Crippen LogP contribution in [0.25, 0.3) is 0 Å². The van der Waals surface area contributed by atoms with Gasteiger partial charge in [-0.15, -0.1) is 0 Å². The topological polar surface area (TPSA) is 174 Å². The summed E-state index contributed by atoms with van der Waals surface area (Å²) in [5.41, 5.74) is 11.7. The van der Waals surface area contributed by atoms with Crippen LogP contribution in [0.5, 0.6) is 11.5 Å². The smallest absolute Gasteiger partial charge is 0.333 e. The third kappa shape index (κ3) is 5.75. The Bertz CT molecular complexity index is 1940. The van der Waals surface area contributed by atoms with Gasteiger partial charge >= 0.3 is 5.97 Å². The number of ketones is 1. The molecule has 11 nitrogen and oxygen atoms in total. The summed E-state index contributed by atoms with van der Waals surface area (Å²) in [5, 5.41) is 21.2. The summed E-state index contributed by atoms with van der Waals surface area (Å²) in [6.07, 6.45) is 1.56. The van der Waals surface area contributed by atoms with E-state index in [9.17, 15) is 19.8 Å². The second-order valence-electron chi connectivity index (χ2n) is 10.3. The number of methoxy groups -OCH3 is 2. The van der Waals surface area contributed by atoms with Crippen molar-refractivity contribution in [2.45, 2.75) is 12.5 Å². The minimum Gasteiger partial charge on any atom is -0.495 e. The van der Waals surface area contributed by atoms with E-state index < -0.39 is 23.2 Å². The highest BCUT2D eigenvalue weighted by atomic mass is 16.5. The van der Waals surface area contributed by atoms with Crippen LogP contribution in [-0.2, 0) is 11.2 Å². The van der Waals surface area contributed by atoms with Crippen LogP contribution in [0.4, 0.5) is 17.5 Å². The predicted molar refractivity (Wildman–Crippen MR) is 172 cm³/mol. The number of carbonyl (C=O) groups excluding carboxylic acids is 1. The van der Waals surface area contributed by atoms with Gasteiger partial charge in [0.1, 0.15) is 23.4 Å². The molecule has 0 saturated carbocycles. The van der Waals surface area contributed by atoms with Crippen LogP contribution in [0.15, 0.2) is 72.9 Å². The van der Waals surface area contributed by atoms with Crippen molar-refractivity contribution in [2.24, 2.45) is 5.41 Å². The summed E-state index contributed by atoms with van der Waals surface area (Å²) in [4.78, 5) is 38.0. The SMILES string of the molecule is COc1ccccc1C#CC1N(CCO)c2cccc(Cc3cnc(N)nc3N)c2C(=O)C1(C#Cc1ccccc1OC)C(=O)O. The van der Waals surface area contributed by atoms with Gasteiger partial charge in [-0.1, -0.05) is 60.1 Å². The maximum Gasteiger partial charge on any atom is 0.333 e. The molecule has 1 aromatic heterocycles. The van der Waals surface area contributed by atoms with Gasteiger partial charge < -0.3 is 36.1 Å². The van der Waals surface area contributed by atoms with Gasteiger partial charge in [-0.05, 0) is 35.9 Å². The number of β-amino-alcohol motifs (C(OH)–C–C–N with tert-alkyl or cyclic N) is 1. The van der Waals surface area contributed by atoms with Gasteiger partial charge in [0, 0.05) is 36.0 Å². The van der Waals surface area contributed by atoms with Crippen LogP contribution < -0.4 is 25.8 Å². The number of fused-ring (bicyclic) bond motifs is 1. The number of aliphatic carboxylic acids is 1. The zero-order chi connectivity index (χ0) is 32.8. The molecule has 2 unspecified atom stereocenters. The average Bonchev–Trinajstić information content (AvgIpc) is 3.06. The van der Waals surface area contributed by atoms with E-state index >= 15 is 0 Å². The summed E-state index contributed by atoms with van der Waals surface area (Å²) in [6, 6.07) is 17.6. The lowest BCUT2D eigenvalue weighted by Gasteiger charge is -2.43. The van der Waals surface area contributed by atoms with Gasteiger partial charge in [0.25, 0.3) is 0 Å². The maximum atomic E-state index is 14.8. The van der Waals surface area contributed by atoms with Crippen molar-refractivity contribution in [3.8, 4) is 35.2 Å². The molecule has 5 rings (SSSR count). The number of para-hydroxylation sites is 2. The first kappa shape index (κ1) is 31.4. The second-order valence-corrected chi connectivity index (χ2v) is 10.3. The normalized spacial score (nSPS) is 16.7. The molecule has 0 amide bonds. The standard InChI is InChI=1S/C35H31N5O6/c1-45-27-12-5-3-8-22(27)14-15-29-35(33(43)44,17-16-23-9-4-6-13-28(23)46-2)31(42)30-24(10-7-11-26(30)40(29)18-19-41)20-25-21-38-34(37)39-32(25)36/h3-13,21,29,41H,18-20H2,1-2H3,(H,43,44)(H4,36,37,38,39). The number of rotatable bonds is 7. The number of nitrogens with two attached hydrogens (primary N) is 2. The van der Waals surface area contributed by atoms with Crippen LogP contribution in [0, 0.1) is 29.1 Å². The molecule has 3 aromatic carbocycles. The fraction of sp³-hybridized carbons (Fsp3) is 0.200. The molecule has 2 heterocycles. The number of benzene rings is 3. The van der Waals surface area contributed by atoms with Crippen molar-refractivity contribution < 1.29 is 29.3 Å². The number of carboxylic acid groups (broad SMARTS) is 1. The molecule has 0 saturated heterocycles. The Labute approximate surface area is 265 Å². The number of carboxylic acids is 1. The van der Waals surface area contributed by atoms with E-state index in [1.165, 1.54) is 20.4 Å².